The zero-order chi connectivity index (χ0) is 10.7. The fourth-order valence-corrected chi connectivity index (χ4v) is 1.74. The van der Waals surface area contributed by atoms with Crippen molar-refractivity contribution in [2.45, 2.75) is 6.54 Å². The minimum atomic E-state index is -0.0327. The molecule has 1 aromatic carbocycles. The lowest BCUT2D eigenvalue weighted by Gasteiger charge is -2.23. The molecule has 3 nitrogen and oxygen atoms in total. The van der Waals surface area contributed by atoms with Crippen LogP contribution in [0.2, 0.25) is 0 Å². The molecule has 0 aromatic heterocycles. The van der Waals surface area contributed by atoms with Gasteiger partial charge in [0.25, 0.3) is 0 Å². The zero-order valence-corrected chi connectivity index (χ0v) is 8.39. The minimum Gasteiger partial charge on any atom is -0.511 e. The summed E-state index contributed by atoms with van der Waals surface area (Å²) in [6.07, 6.45) is 1.31. The van der Waals surface area contributed by atoms with Crippen molar-refractivity contribution in [2.24, 2.45) is 0 Å². The van der Waals surface area contributed by atoms with E-state index in [0.717, 1.165) is 5.56 Å². The van der Waals surface area contributed by atoms with Crippen LogP contribution >= 0.6 is 0 Å². The van der Waals surface area contributed by atoms with Crippen LogP contribution in [-0.2, 0) is 11.3 Å². The largest absolute Gasteiger partial charge is 0.511 e. The summed E-state index contributed by atoms with van der Waals surface area (Å²) in [5, 5.41) is 9.33. The van der Waals surface area contributed by atoms with Crippen molar-refractivity contribution < 1.29 is 9.90 Å². The van der Waals surface area contributed by atoms with Crippen LogP contribution in [0.4, 0.5) is 0 Å². The minimum absolute atomic E-state index is 0.0327. The molecule has 0 atom stereocenters. The van der Waals surface area contributed by atoms with Crippen LogP contribution in [-0.4, -0.2) is 28.9 Å². The van der Waals surface area contributed by atoms with E-state index in [-0.39, 0.29) is 11.5 Å². The van der Waals surface area contributed by atoms with E-state index in [1.54, 1.807) is 0 Å². The van der Waals surface area contributed by atoms with Crippen LogP contribution in [0.1, 0.15) is 5.56 Å². The van der Waals surface area contributed by atoms with Crippen LogP contribution in [0.25, 0.3) is 0 Å². The van der Waals surface area contributed by atoms with Crippen LogP contribution in [0.3, 0.4) is 0 Å². The van der Waals surface area contributed by atoms with Gasteiger partial charge in [-0.25, -0.2) is 0 Å². The highest BCUT2D eigenvalue weighted by Gasteiger charge is 2.17. The quantitative estimate of drug-likeness (QED) is 0.792. The molecule has 0 spiro atoms. The van der Waals surface area contributed by atoms with Crippen molar-refractivity contribution in [1.82, 2.24) is 4.90 Å². The molecule has 0 aliphatic carbocycles. The molecule has 0 saturated heterocycles. The molecule has 78 valence electrons. The number of nitrogens with zero attached hydrogens (tertiary/aromatic N) is 1. The summed E-state index contributed by atoms with van der Waals surface area (Å²) in [6, 6.07) is 9.93. The third-order valence-corrected chi connectivity index (χ3v) is 2.34. The Morgan fingerprint density at radius 1 is 1.20 bits per heavy atom. The van der Waals surface area contributed by atoms with Crippen molar-refractivity contribution >= 4 is 5.78 Å². The molecule has 1 heterocycles. The second-order valence-electron chi connectivity index (χ2n) is 3.73. The van der Waals surface area contributed by atoms with Gasteiger partial charge < -0.3 is 5.11 Å². The van der Waals surface area contributed by atoms with Crippen LogP contribution in [0, 0.1) is 0 Å². The molecule has 1 aliphatic heterocycles. The maximum Gasteiger partial charge on any atom is 0.173 e. The van der Waals surface area contributed by atoms with E-state index in [4.69, 9.17) is 0 Å². The lowest BCUT2D eigenvalue weighted by molar-refractivity contribution is -0.116. The molecule has 1 aromatic rings. The summed E-state index contributed by atoms with van der Waals surface area (Å²) < 4.78 is 0. The summed E-state index contributed by atoms with van der Waals surface area (Å²) in [6.45, 7) is 1.55. The fourth-order valence-electron chi connectivity index (χ4n) is 1.74. The Morgan fingerprint density at radius 3 is 2.60 bits per heavy atom. The molecule has 1 aliphatic rings. The lowest BCUT2D eigenvalue weighted by atomic mass is 10.1. The third-order valence-electron chi connectivity index (χ3n) is 2.34. The highest BCUT2D eigenvalue weighted by atomic mass is 16.3. The maximum absolute atomic E-state index is 11.2. The van der Waals surface area contributed by atoms with E-state index in [0.29, 0.717) is 19.6 Å². The first-order chi connectivity index (χ1) is 7.24. The molecule has 0 radical (unpaired) electrons. The Hall–Kier alpha value is -1.61. The van der Waals surface area contributed by atoms with Crippen molar-refractivity contribution in [3.63, 3.8) is 0 Å². The fraction of sp³-hybridized carbons (Fsp3) is 0.250. The van der Waals surface area contributed by atoms with Crippen molar-refractivity contribution in [1.29, 1.82) is 0 Å². The molecular formula is C12H13NO2. The molecule has 0 fully saturated rings. The molecule has 0 bridgehead atoms. The average molecular weight is 203 g/mol. The first-order valence-electron chi connectivity index (χ1n) is 4.93. The predicted molar refractivity (Wildman–Crippen MR) is 57.4 cm³/mol. The van der Waals surface area contributed by atoms with E-state index in [1.807, 2.05) is 35.2 Å². The number of ketones is 1. The number of carbonyl (C=O) groups excluding carboxylic acids is 1. The van der Waals surface area contributed by atoms with Gasteiger partial charge in [0, 0.05) is 12.6 Å². The van der Waals surface area contributed by atoms with Gasteiger partial charge in [0.15, 0.2) is 5.78 Å². The molecule has 0 saturated carbocycles. The van der Waals surface area contributed by atoms with E-state index in [9.17, 15) is 9.90 Å². The number of aliphatic hydroxyl groups excluding tert-OH is 1. The van der Waals surface area contributed by atoms with Crippen LogP contribution in [0.5, 0.6) is 0 Å². The molecule has 0 unspecified atom stereocenters. The van der Waals surface area contributed by atoms with Crippen molar-refractivity contribution in [2.75, 3.05) is 13.1 Å². The van der Waals surface area contributed by atoms with E-state index >= 15 is 0 Å². The molecule has 1 N–H and O–H groups in total. The third kappa shape index (κ3) is 2.67. The Bertz CT molecular complexity index is 384. The molecule has 0 amide bonds. The first kappa shape index (κ1) is 9.93. The van der Waals surface area contributed by atoms with Crippen molar-refractivity contribution in [3.05, 3.63) is 47.7 Å². The monoisotopic (exact) mass is 203 g/mol. The Kier molecular flexibility index (Phi) is 2.83. The Labute approximate surface area is 88.6 Å². The van der Waals surface area contributed by atoms with E-state index < -0.39 is 0 Å². The zero-order valence-electron chi connectivity index (χ0n) is 8.39. The smallest absolute Gasteiger partial charge is 0.173 e. The second kappa shape index (κ2) is 4.28. The molecule has 3 heteroatoms. The van der Waals surface area contributed by atoms with Gasteiger partial charge in [-0.15, -0.1) is 0 Å². The van der Waals surface area contributed by atoms with Gasteiger partial charge >= 0.3 is 0 Å². The second-order valence-corrected chi connectivity index (χ2v) is 3.73. The summed E-state index contributed by atoms with van der Waals surface area (Å²) in [5.74, 6) is 0.122. The molecular weight excluding hydrogens is 190 g/mol. The highest BCUT2D eigenvalue weighted by molar-refractivity contribution is 5.92. The first-order valence-corrected chi connectivity index (χ1v) is 4.93. The van der Waals surface area contributed by atoms with Gasteiger partial charge in [-0.1, -0.05) is 30.3 Å². The highest BCUT2D eigenvalue weighted by Crippen LogP contribution is 2.09. The summed E-state index contributed by atoms with van der Waals surface area (Å²) in [4.78, 5) is 13.1. The normalized spacial score (nSPS) is 17.6. The maximum atomic E-state index is 11.2. The number of hydrogen-bond acceptors (Lipinski definition) is 3. The number of aliphatic hydroxyl groups is 1. The van der Waals surface area contributed by atoms with Gasteiger partial charge in [0.05, 0.1) is 13.1 Å². The Morgan fingerprint density at radius 2 is 1.93 bits per heavy atom. The SMILES string of the molecule is O=C1C=C(O)CN(Cc2ccccc2)C1. The van der Waals surface area contributed by atoms with Crippen LogP contribution < -0.4 is 0 Å². The summed E-state index contributed by atoms with van der Waals surface area (Å²) in [7, 11) is 0. The standard InChI is InChI=1S/C12H13NO2/c14-11-6-12(15)9-13(8-11)7-10-4-2-1-3-5-10/h1-6,14H,7-9H2. The van der Waals surface area contributed by atoms with Gasteiger partial charge in [-0.3, -0.25) is 9.69 Å². The predicted octanol–water partition coefficient (Wildman–Crippen LogP) is 1.51. The average Bonchev–Trinajstić information content (AvgIpc) is 2.17. The lowest BCUT2D eigenvalue weighted by Crippen LogP contribution is -2.34. The summed E-state index contributed by atoms with van der Waals surface area (Å²) >= 11 is 0. The summed E-state index contributed by atoms with van der Waals surface area (Å²) in [5.41, 5.74) is 1.15. The van der Waals surface area contributed by atoms with Gasteiger partial charge in [-0.05, 0) is 5.56 Å². The van der Waals surface area contributed by atoms with Crippen molar-refractivity contribution in [3.8, 4) is 0 Å². The van der Waals surface area contributed by atoms with Crippen LogP contribution in [0.15, 0.2) is 42.2 Å². The van der Waals surface area contributed by atoms with E-state index in [2.05, 4.69) is 0 Å². The van der Waals surface area contributed by atoms with E-state index in [1.165, 1.54) is 6.08 Å². The van der Waals surface area contributed by atoms with Gasteiger partial charge in [0.2, 0.25) is 0 Å². The number of benzene rings is 1. The molecule has 2 rings (SSSR count). The van der Waals surface area contributed by atoms with Gasteiger partial charge in [-0.2, -0.15) is 0 Å². The Balaban J connectivity index is 2.02. The topological polar surface area (TPSA) is 40.5 Å². The number of rotatable bonds is 2. The molecule has 15 heavy (non-hydrogen) atoms. The van der Waals surface area contributed by atoms with Gasteiger partial charge in [0.1, 0.15) is 5.76 Å². The number of carbonyl (C=O) groups is 1. The number of hydrogen-bond donors (Lipinski definition) is 1.